The van der Waals surface area contributed by atoms with E-state index in [1.54, 1.807) is 6.08 Å². The molecule has 0 saturated heterocycles. The molecule has 1 aliphatic carbocycles. The summed E-state index contributed by atoms with van der Waals surface area (Å²) in [5.41, 5.74) is 12.0. The molecule has 3 N–H and O–H groups in total. The fraction of sp³-hybridized carbons (Fsp3) is 0.214. The fourth-order valence-electron chi connectivity index (χ4n) is 1.91. The third-order valence-corrected chi connectivity index (χ3v) is 3.53. The van der Waals surface area contributed by atoms with Crippen LogP contribution in [-0.4, -0.2) is 26.9 Å². The Morgan fingerprint density at radius 1 is 1.27 bits per heavy atom. The third kappa shape index (κ3) is 5.41. The molecule has 0 saturated carbocycles. The van der Waals surface area contributed by atoms with Crippen molar-refractivity contribution in [3.63, 3.8) is 0 Å². The third-order valence-electron chi connectivity index (χ3n) is 3.01. The maximum absolute atomic E-state index is 10.6. The highest BCUT2D eigenvalue weighted by molar-refractivity contribution is 7.46. The first kappa shape index (κ1) is 16.4. The lowest BCUT2D eigenvalue weighted by Crippen LogP contribution is -2.05. The van der Waals surface area contributed by atoms with Gasteiger partial charge in [-0.15, -0.1) is 0 Å². The van der Waals surface area contributed by atoms with Gasteiger partial charge < -0.3 is 20.6 Å². The zero-order chi connectivity index (χ0) is 16.0. The Morgan fingerprint density at radius 2 is 2.00 bits per heavy atom. The van der Waals surface area contributed by atoms with Crippen LogP contribution in [0.15, 0.2) is 48.2 Å². The van der Waals surface area contributed by atoms with Crippen LogP contribution in [0.5, 0.6) is 0 Å². The molecule has 0 radical (unpaired) electrons. The molecule has 1 aromatic rings. The number of rotatable bonds is 6. The second-order valence-corrected chi connectivity index (χ2v) is 5.92. The molecule has 2 rings (SSSR count). The van der Waals surface area contributed by atoms with E-state index in [0.29, 0.717) is 18.6 Å². The van der Waals surface area contributed by atoms with Gasteiger partial charge in [0.2, 0.25) is 0 Å². The van der Waals surface area contributed by atoms with Crippen LogP contribution in [0.4, 0.5) is 5.69 Å². The summed E-state index contributed by atoms with van der Waals surface area (Å²) in [4.78, 5) is 20.3. The van der Waals surface area contributed by atoms with Gasteiger partial charge >= 0.3 is 7.82 Å². The number of allylic oxidation sites excluding steroid dienone is 3. The molecule has 1 aromatic carbocycles. The van der Waals surface area contributed by atoms with Gasteiger partial charge in [-0.2, -0.15) is 4.79 Å². The number of hydrogen-bond donors (Lipinski definition) is 3. The Hall–Kier alpha value is -2.01. The van der Waals surface area contributed by atoms with Crippen molar-refractivity contribution >= 4 is 19.2 Å². The fourth-order valence-corrected chi connectivity index (χ4v) is 2.24. The van der Waals surface area contributed by atoms with Crippen molar-refractivity contribution in [1.82, 2.24) is 0 Å². The van der Waals surface area contributed by atoms with Gasteiger partial charge in [0.25, 0.3) is 5.71 Å². The van der Waals surface area contributed by atoms with Crippen LogP contribution in [0.1, 0.15) is 12.0 Å². The van der Waals surface area contributed by atoms with Crippen molar-refractivity contribution in [1.29, 1.82) is 0 Å². The van der Waals surface area contributed by atoms with Crippen molar-refractivity contribution in [3.05, 3.63) is 59.3 Å². The predicted molar refractivity (Wildman–Crippen MR) is 82.2 cm³/mol. The highest BCUT2D eigenvalue weighted by atomic mass is 31.2. The monoisotopic (exact) mass is 321 g/mol. The van der Waals surface area contributed by atoms with E-state index in [9.17, 15) is 4.57 Å². The second-order valence-electron chi connectivity index (χ2n) is 4.68. The lowest BCUT2D eigenvalue weighted by Gasteiger charge is -2.10. The number of phosphoric acid groups is 1. The van der Waals surface area contributed by atoms with E-state index in [4.69, 9.17) is 15.3 Å². The molecule has 22 heavy (non-hydrogen) atoms. The van der Waals surface area contributed by atoms with Gasteiger partial charge in [-0.05, 0) is 36.3 Å². The van der Waals surface area contributed by atoms with E-state index in [0.717, 1.165) is 16.9 Å². The summed E-state index contributed by atoms with van der Waals surface area (Å²) in [6, 6.07) is 7.46. The lowest BCUT2D eigenvalue weighted by atomic mass is 10.1. The molecule has 1 aliphatic rings. The van der Waals surface area contributed by atoms with Crippen molar-refractivity contribution in [2.45, 2.75) is 12.8 Å². The molecule has 7 nitrogen and oxygen atoms in total. The minimum absolute atomic E-state index is 0.0335. The SMILES string of the molecule is [N-]=[N+]=C1C=CC(Nc2ccc(CCOP(=O)(O)O)cc2)=CC1. The predicted octanol–water partition coefficient (Wildman–Crippen LogP) is 2.26. The quantitative estimate of drug-likeness (QED) is 0.422. The zero-order valence-corrected chi connectivity index (χ0v) is 12.6. The average Bonchev–Trinajstić information content (AvgIpc) is 2.49. The Kier molecular flexibility index (Phi) is 5.44. The number of benzene rings is 1. The maximum Gasteiger partial charge on any atom is 0.469 e. The van der Waals surface area contributed by atoms with Gasteiger partial charge in [0, 0.05) is 17.5 Å². The summed E-state index contributed by atoms with van der Waals surface area (Å²) < 4.78 is 15.0. The summed E-state index contributed by atoms with van der Waals surface area (Å²) in [5, 5.41) is 3.21. The number of phosphoric ester groups is 1. The molecule has 0 fully saturated rings. The Morgan fingerprint density at radius 3 is 2.55 bits per heavy atom. The first-order valence-electron chi connectivity index (χ1n) is 6.61. The second kappa shape index (κ2) is 7.31. The first-order valence-corrected chi connectivity index (χ1v) is 8.14. The van der Waals surface area contributed by atoms with Crippen LogP contribution in [0.3, 0.4) is 0 Å². The molecule has 0 unspecified atom stereocenters. The summed E-state index contributed by atoms with van der Waals surface area (Å²) in [6.45, 7) is -0.0335. The molecule has 116 valence electrons. The molecule has 0 spiro atoms. The van der Waals surface area contributed by atoms with Crippen LogP contribution >= 0.6 is 7.82 Å². The lowest BCUT2D eigenvalue weighted by molar-refractivity contribution is -0.00540. The largest absolute Gasteiger partial charge is 0.469 e. The summed E-state index contributed by atoms with van der Waals surface area (Å²) >= 11 is 0. The van der Waals surface area contributed by atoms with E-state index in [1.165, 1.54) is 0 Å². The first-order chi connectivity index (χ1) is 10.5. The molecule has 0 aromatic heterocycles. The molecule has 8 heteroatoms. The van der Waals surface area contributed by atoms with E-state index < -0.39 is 7.82 Å². The minimum Gasteiger partial charge on any atom is -0.361 e. The normalized spacial score (nSPS) is 14.5. The molecular formula is C14H16N3O4P. The summed E-state index contributed by atoms with van der Waals surface area (Å²) in [5.74, 6) is 0. The van der Waals surface area contributed by atoms with E-state index >= 15 is 0 Å². The van der Waals surface area contributed by atoms with Crippen molar-refractivity contribution < 1.29 is 23.7 Å². The average molecular weight is 321 g/mol. The maximum atomic E-state index is 10.6. The number of anilines is 1. The van der Waals surface area contributed by atoms with Gasteiger partial charge in [0.15, 0.2) is 0 Å². The molecule has 0 amide bonds. The molecule has 0 bridgehead atoms. The molecular weight excluding hydrogens is 305 g/mol. The Bertz CT molecular complexity index is 685. The highest BCUT2D eigenvalue weighted by Gasteiger charge is 2.13. The number of nitrogens with one attached hydrogen (secondary N) is 1. The smallest absolute Gasteiger partial charge is 0.361 e. The van der Waals surface area contributed by atoms with Crippen molar-refractivity contribution in [3.8, 4) is 0 Å². The molecule has 0 atom stereocenters. The Labute approximate surface area is 127 Å². The van der Waals surface area contributed by atoms with Crippen molar-refractivity contribution in [2.24, 2.45) is 0 Å². The number of nitrogens with zero attached hydrogens (tertiary/aromatic N) is 2. The zero-order valence-electron chi connectivity index (χ0n) is 11.7. The van der Waals surface area contributed by atoms with Gasteiger partial charge in [0.1, 0.15) is 0 Å². The van der Waals surface area contributed by atoms with Crippen LogP contribution < -0.4 is 5.32 Å². The van der Waals surface area contributed by atoms with Gasteiger partial charge in [-0.3, -0.25) is 4.52 Å². The molecule has 0 heterocycles. The number of hydrogen-bond acceptors (Lipinski definition) is 3. The highest BCUT2D eigenvalue weighted by Crippen LogP contribution is 2.35. The van der Waals surface area contributed by atoms with Crippen molar-refractivity contribution in [2.75, 3.05) is 11.9 Å². The van der Waals surface area contributed by atoms with E-state index in [1.807, 2.05) is 36.4 Å². The van der Waals surface area contributed by atoms with E-state index in [2.05, 4.69) is 14.6 Å². The minimum atomic E-state index is -4.40. The van der Waals surface area contributed by atoms with Crippen LogP contribution in [0.2, 0.25) is 0 Å². The van der Waals surface area contributed by atoms with Gasteiger partial charge in [-0.25, -0.2) is 4.57 Å². The topological polar surface area (TPSA) is 115 Å². The Balaban J connectivity index is 1.87. The van der Waals surface area contributed by atoms with Crippen LogP contribution in [-0.2, 0) is 15.5 Å². The summed E-state index contributed by atoms with van der Waals surface area (Å²) in [6.07, 6.45) is 6.45. The van der Waals surface area contributed by atoms with Crippen LogP contribution in [0.25, 0.3) is 5.53 Å². The summed E-state index contributed by atoms with van der Waals surface area (Å²) in [7, 11) is -4.40. The van der Waals surface area contributed by atoms with Gasteiger partial charge in [-0.1, -0.05) is 12.1 Å². The van der Waals surface area contributed by atoms with E-state index in [-0.39, 0.29) is 6.61 Å². The standard InChI is InChI=1S/C14H16N3O4P/c15-17-14-7-5-13(6-8-14)16-12-3-1-11(2-4-12)9-10-21-22(18,19)20/h1-7,16H,8-10H2,(H2,18,19,20). The van der Waals surface area contributed by atoms with Crippen LogP contribution in [0, 0.1) is 0 Å². The van der Waals surface area contributed by atoms with Gasteiger partial charge in [0.05, 0.1) is 13.0 Å². The molecule has 0 aliphatic heterocycles.